The van der Waals surface area contributed by atoms with Crippen LogP contribution in [0.2, 0.25) is 0 Å². The van der Waals surface area contributed by atoms with Crippen molar-refractivity contribution in [1.29, 1.82) is 0 Å². The van der Waals surface area contributed by atoms with E-state index in [0.717, 1.165) is 25.2 Å². The van der Waals surface area contributed by atoms with Gasteiger partial charge >= 0.3 is 0 Å². The molecule has 5 nitrogen and oxygen atoms in total. The molecule has 1 amide bonds. The second-order valence-corrected chi connectivity index (χ2v) is 4.97. The maximum absolute atomic E-state index is 12.2. The molecule has 0 aromatic carbocycles. The number of furan rings is 1. The van der Waals surface area contributed by atoms with Gasteiger partial charge < -0.3 is 15.1 Å². The number of hydrogen-bond donors (Lipinski definition) is 2. The number of aromatic nitrogens is 1. The Kier molecular flexibility index (Phi) is 6.87. The summed E-state index contributed by atoms with van der Waals surface area (Å²) in [5.41, 5.74) is 2.07. The fourth-order valence-corrected chi connectivity index (χ4v) is 2.40. The number of halogens is 2. The van der Waals surface area contributed by atoms with Gasteiger partial charge in [-0.3, -0.25) is 4.79 Å². The van der Waals surface area contributed by atoms with E-state index in [2.05, 4.69) is 15.6 Å². The first-order valence-electron chi connectivity index (χ1n) is 6.77. The molecule has 3 heterocycles. The molecule has 7 heteroatoms. The fraction of sp³-hybridized carbons (Fsp3) is 0.333. The molecule has 1 fully saturated rings. The predicted molar refractivity (Wildman–Crippen MR) is 89.9 cm³/mol. The highest BCUT2D eigenvalue weighted by Gasteiger charge is 2.19. The van der Waals surface area contributed by atoms with Crippen molar-refractivity contribution in [3.63, 3.8) is 0 Å². The molecule has 0 radical (unpaired) electrons. The van der Waals surface area contributed by atoms with Gasteiger partial charge in [0, 0.05) is 12.6 Å². The summed E-state index contributed by atoms with van der Waals surface area (Å²) in [7, 11) is 0. The molecule has 0 bridgehead atoms. The van der Waals surface area contributed by atoms with E-state index >= 15 is 0 Å². The van der Waals surface area contributed by atoms with Gasteiger partial charge in [-0.15, -0.1) is 24.8 Å². The van der Waals surface area contributed by atoms with E-state index in [1.807, 2.05) is 25.1 Å². The number of amides is 1. The van der Waals surface area contributed by atoms with Crippen LogP contribution in [-0.2, 0) is 0 Å². The van der Waals surface area contributed by atoms with Gasteiger partial charge in [0.05, 0.1) is 17.5 Å². The van der Waals surface area contributed by atoms with Crippen LogP contribution in [0, 0.1) is 6.92 Å². The van der Waals surface area contributed by atoms with Crippen LogP contribution in [0.3, 0.4) is 0 Å². The molecule has 1 aliphatic rings. The molecule has 120 valence electrons. The molecule has 2 aromatic rings. The van der Waals surface area contributed by atoms with E-state index in [4.69, 9.17) is 4.42 Å². The summed E-state index contributed by atoms with van der Waals surface area (Å²) in [6.45, 7) is 3.64. The molecule has 3 rings (SSSR count). The van der Waals surface area contributed by atoms with Gasteiger partial charge in [0.25, 0.3) is 5.91 Å². The van der Waals surface area contributed by atoms with Crippen molar-refractivity contribution >= 4 is 30.7 Å². The van der Waals surface area contributed by atoms with E-state index in [0.29, 0.717) is 17.0 Å². The van der Waals surface area contributed by atoms with E-state index in [-0.39, 0.29) is 36.8 Å². The summed E-state index contributed by atoms with van der Waals surface area (Å²) in [6.07, 6.45) is 2.59. The minimum absolute atomic E-state index is 0. The van der Waals surface area contributed by atoms with E-state index < -0.39 is 0 Å². The highest BCUT2D eigenvalue weighted by molar-refractivity contribution is 5.95. The maximum atomic E-state index is 12.2. The Balaban J connectivity index is 0.00000121. The zero-order chi connectivity index (χ0) is 13.9. The van der Waals surface area contributed by atoms with Gasteiger partial charge in [-0.1, -0.05) is 0 Å². The first kappa shape index (κ1) is 18.5. The smallest absolute Gasteiger partial charge is 0.253 e. The molecule has 0 saturated carbocycles. The van der Waals surface area contributed by atoms with Crippen molar-refractivity contribution in [1.82, 2.24) is 15.6 Å². The fourth-order valence-electron chi connectivity index (χ4n) is 2.40. The van der Waals surface area contributed by atoms with Gasteiger partial charge in [-0.2, -0.15) is 0 Å². The first-order chi connectivity index (χ1) is 9.74. The summed E-state index contributed by atoms with van der Waals surface area (Å²) in [6, 6.07) is 7.50. The molecule has 1 saturated heterocycles. The normalized spacial score (nSPS) is 16.5. The average molecular weight is 344 g/mol. The summed E-state index contributed by atoms with van der Waals surface area (Å²) in [4.78, 5) is 16.7. The lowest BCUT2D eigenvalue weighted by atomic mass is 10.1. The van der Waals surface area contributed by atoms with Crippen LogP contribution in [0.15, 0.2) is 34.9 Å². The third-order valence-corrected chi connectivity index (χ3v) is 3.50. The van der Waals surface area contributed by atoms with Crippen molar-refractivity contribution in [3.8, 4) is 11.5 Å². The minimum Gasteiger partial charge on any atom is -0.463 e. The number of rotatable bonds is 3. The number of carbonyl (C=O) groups is 1. The van der Waals surface area contributed by atoms with Crippen LogP contribution < -0.4 is 10.6 Å². The van der Waals surface area contributed by atoms with Crippen LogP contribution in [0.1, 0.15) is 22.5 Å². The Morgan fingerprint density at radius 2 is 2.18 bits per heavy atom. The Hall–Kier alpha value is -1.56. The van der Waals surface area contributed by atoms with Gasteiger partial charge in [0.2, 0.25) is 0 Å². The third-order valence-electron chi connectivity index (χ3n) is 3.50. The zero-order valence-corrected chi connectivity index (χ0v) is 13.8. The monoisotopic (exact) mass is 343 g/mol. The van der Waals surface area contributed by atoms with Crippen molar-refractivity contribution in [3.05, 3.63) is 41.8 Å². The number of carbonyl (C=O) groups excluding carboxylic acids is 1. The molecule has 2 aromatic heterocycles. The van der Waals surface area contributed by atoms with Gasteiger partial charge in [-0.25, -0.2) is 4.98 Å². The molecular weight excluding hydrogens is 325 g/mol. The maximum Gasteiger partial charge on any atom is 0.253 e. The molecular formula is C15H19Cl2N3O2. The molecule has 0 aliphatic carbocycles. The summed E-state index contributed by atoms with van der Waals surface area (Å²) in [5.74, 6) is 0.648. The number of nitrogens with one attached hydrogen (secondary N) is 2. The zero-order valence-electron chi connectivity index (χ0n) is 12.2. The number of pyridine rings is 1. The Morgan fingerprint density at radius 1 is 1.36 bits per heavy atom. The lowest BCUT2D eigenvalue weighted by molar-refractivity contribution is 0.0939. The molecule has 1 aliphatic heterocycles. The van der Waals surface area contributed by atoms with E-state index in [1.165, 1.54) is 0 Å². The molecule has 0 spiro atoms. The summed E-state index contributed by atoms with van der Waals surface area (Å²) in [5, 5.41) is 6.25. The third kappa shape index (κ3) is 4.00. The van der Waals surface area contributed by atoms with Crippen LogP contribution >= 0.6 is 24.8 Å². The lowest BCUT2D eigenvalue weighted by Gasteiger charge is -2.12. The van der Waals surface area contributed by atoms with E-state index in [9.17, 15) is 4.79 Å². The van der Waals surface area contributed by atoms with Crippen molar-refractivity contribution in [2.24, 2.45) is 0 Å². The second-order valence-electron chi connectivity index (χ2n) is 4.97. The minimum atomic E-state index is -0.0605. The first-order valence-corrected chi connectivity index (χ1v) is 6.77. The molecule has 1 unspecified atom stereocenters. The van der Waals surface area contributed by atoms with Crippen LogP contribution in [-0.4, -0.2) is 30.0 Å². The molecule has 2 N–H and O–H groups in total. The Morgan fingerprint density at radius 3 is 2.77 bits per heavy atom. The highest BCUT2D eigenvalue weighted by Crippen LogP contribution is 2.19. The van der Waals surface area contributed by atoms with Crippen LogP contribution in [0.5, 0.6) is 0 Å². The summed E-state index contributed by atoms with van der Waals surface area (Å²) < 4.78 is 5.31. The molecule has 22 heavy (non-hydrogen) atoms. The largest absolute Gasteiger partial charge is 0.463 e. The number of aryl methyl sites for hydroxylation is 1. The summed E-state index contributed by atoms with van der Waals surface area (Å²) >= 11 is 0. The van der Waals surface area contributed by atoms with Gasteiger partial charge in [-0.05, 0) is 44.2 Å². The van der Waals surface area contributed by atoms with Gasteiger partial charge in [0.15, 0.2) is 5.76 Å². The highest BCUT2D eigenvalue weighted by atomic mass is 35.5. The Bertz CT molecular complexity index is 611. The SMILES string of the molecule is Cc1nc(-c2ccco2)ccc1C(=O)NC1CCNC1.Cl.Cl. The quantitative estimate of drug-likeness (QED) is 0.898. The Labute approximate surface area is 141 Å². The number of hydrogen-bond acceptors (Lipinski definition) is 4. The van der Waals surface area contributed by atoms with Crippen molar-refractivity contribution in [2.45, 2.75) is 19.4 Å². The van der Waals surface area contributed by atoms with Crippen LogP contribution in [0.25, 0.3) is 11.5 Å². The second kappa shape index (κ2) is 8.17. The average Bonchev–Trinajstić information content (AvgIpc) is 3.11. The van der Waals surface area contributed by atoms with Crippen molar-refractivity contribution in [2.75, 3.05) is 13.1 Å². The van der Waals surface area contributed by atoms with Gasteiger partial charge in [0.1, 0.15) is 5.69 Å². The predicted octanol–water partition coefficient (Wildman–Crippen LogP) is 2.59. The molecule has 1 atom stereocenters. The standard InChI is InChI=1S/C15H17N3O2.2ClH/c1-10-12(15(19)18-11-6-7-16-9-11)4-5-13(17-10)14-3-2-8-20-14;;/h2-5,8,11,16H,6-7,9H2,1H3,(H,18,19);2*1H. The van der Waals surface area contributed by atoms with E-state index in [1.54, 1.807) is 12.3 Å². The van der Waals surface area contributed by atoms with Crippen molar-refractivity contribution < 1.29 is 9.21 Å². The number of nitrogens with zero attached hydrogens (tertiary/aromatic N) is 1. The topological polar surface area (TPSA) is 67.2 Å². The van der Waals surface area contributed by atoms with Crippen LogP contribution in [0.4, 0.5) is 0 Å². The lowest BCUT2D eigenvalue weighted by Crippen LogP contribution is -2.36.